The van der Waals surface area contributed by atoms with E-state index in [4.69, 9.17) is 9.47 Å². The molecule has 2 amide bonds. The normalized spacial score (nSPS) is 15.3. The van der Waals surface area contributed by atoms with Crippen molar-refractivity contribution in [1.82, 2.24) is 10.2 Å². The Kier molecular flexibility index (Phi) is 5.74. The molecule has 1 heterocycles. The lowest BCUT2D eigenvalue weighted by Gasteiger charge is -2.29. The van der Waals surface area contributed by atoms with Crippen LogP contribution in [0.3, 0.4) is 0 Å². The number of benzene rings is 2. The molecule has 0 bridgehead atoms. The van der Waals surface area contributed by atoms with Gasteiger partial charge in [-0.05, 0) is 30.2 Å². The number of nitrogens with one attached hydrogen (secondary N) is 1. The topological polar surface area (TPSA) is 54.0 Å². The second-order valence-corrected chi connectivity index (χ2v) is 7.03. The van der Waals surface area contributed by atoms with Crippen LogP contribution in [0.15, 0.2) is 42.5 Å². The van der Waals surface area contributed by atoms with Crippen LogP contribution >= 0.6 is 0 Å². The van der Waals surface area contributed by atoms with E-state index in [0.717, 1.165) is 34.7 Å². The lowest BCUT2D eigenvalue weighted by atomic mass is 10.0. The van der Waals surface area contributed by atoms with Gasteiger partial charge in [0.1, 0.15) is 6.61 Å². The van der Waals surface area contributed by atoms with Gasteiger partial charge in [0.05, 0.1) is 13.2 Å². The third-order valence-corrected chi connectivity index (χ3v) is 4.72. The highest BCUT2D eigenvalue weighted by molar-refractivity contribution is 5.74. The quantitative estimate of drug-likeness (QED) is 0.881. The van der Waals surface area contributed by atoms with Crippen LogP contribution in [0.2, 0.25) is 0 Å². The lowest BCUT2D eigenvalue weighted by molar-refractivity contribution is 0.186. The molecule has 1 N–H and O–H groups in total. The van der Waals surface area contributed by atoms with E-state index in [1.807, 2.05) is 44.4 Å². The zero-order valence-corrected chi connectivity index (χ0v) is 16.4. The maximum atomic E-state index is 12.6. The van der Waals surface area contributed by atoms with Crippen LogP contribution in [0.25, 0.3) is 0 Å². The molecule has 27 heavy (non-hydrogen) atoms. The summed E-state index contributed by atoms with van der Waals surface area (Å²) < 4.78 is 11.2. The van der Waals surface area contributed by atoms with Gasteiger partial charge in [0.15, 0.2) is 11.5 Å². The highest BCUT2D eigenvalue weighted by atomic mass is 16.5. The molecule has 1 aliphatic heterocycles. The maximum Gasteiger partial charge on any atom is 0.317 e. The highest BCUT2D eigenvalue weighted by Crippen LogP contribution is 2.34. The summed E-state index contributed by atoms with van der Waals surface area (Å²) >= 11 is 0. The molecule has 1 atom stereocenters. The summed E-state index contributed by atoms with van der Waals surface area (Å²) in [6.45, 7) is 0.988. The average molecular weight is 369 g/mol. The van der Waals surface area contributed by atoms with Crippen LogP contribution in [-0.4, -0.2) is 51.8 Å². The molecule has 0 fully saturated rings. The third-order valence-electron chi connectivity index (χ3n) is 4.72. The number of anilines is 1. The standard InChI is InChI=1S/C21H27N3O3/c1-23(2)18-10-8-15(9-11-18)13-24(3)21(25)22-17-12-16-6-5-7-19(26-4)20(16)27-14-17/h5-11,17H,12-14H2,1-4H3,(H,22,25). The van der Waals surface area contributed by atoms with Crippen LogP contribution in [-0.2, 0) is 13.0 Å². The summed E-state index contributed by atoms with van der Waals surface area (Å²) in [5.41, 5.74) is 3.28. The summed E-state index contributed by atoms with van der Waals surface area (Å²) in [6, 6.07) is 13.9. The van der Waals surface area contributed by atoms with Gasteiger partial charge >= 0.3 is 6.03 Å². The molecule has 0 saturated carbocycles. The van der Waals surface area contributed by atoms with Gasteiger partial charge < -0.3 is 24.6 Å². The number of urea groups is 1. The zero-order chi connectivity index (χ0) is 19.4. The minimum Gasteiger partial charge on any atom is -0.493 e. The summed E-state index contributed by atoms with van der Waals surface area (Å²) in [5, 5.41) is 3.06. The molecule has 3 rings (SSSR count). The first kappa shape index (κ1) is 18.9. The lowest BCUT2D eigenvalue weighted by Crippen LogP contribution is -2.47. The number of carbonyl (C=O) groups excluding carboxylic acids is 1. The van der Waals surface area contributed by atoms with E-state index < -0.39 is 0 Å². The number of hydrogen-bond acceptors (Lipinski definition) is 4. The Bertz CT molecular complexity index is 790. The van der Waals surface area contributed by atoms with E-state index in [1.54, 1.807) is 19.1 Å². The van der Waals surface area contributed by atoms with E-state index in [2.05, 4.69) is 22.3 Å². The van der Waals surface area contributed by atoms with Gasteiger partial charge in [-0.1, -0.05) is 24.3 Å². The van der Waals surface area contributed by atoms with Crippen molar-refractivity contribution >= 4 is 11.7 Å². The zero-order valence-electron chi connectivity index (χ0n) is 16.4. The van der Waals surface area contributed by atoms with E-state index >= 15 is 0 Å². The summed E-state index contributed by atoms with van der Waals surface area (Å²) in [5.74, 6) is 1.51. The van der Waals surface area contributed by atoms with Crippen molar-refractivity contribution in [2.45, 2.75) is 19.0 Å². The molecular weight excluding hydrogens is 342 g/mol. The average Bonchev–Trinajstić information content (AvgIpc) is 2.67. The molecule has 6 nitrogen and oxygen atoms in total. The summed E-state index contributed by atoms with van der Waals surface area (Å²) in [4.78, 5) is 16.3. The molecule has 2 aromatic rings. The van der Waals surface area contributed by atoms with Crippen molar-refractivity contribution in [3.63, 3.8) is 0 Å². The molecule has 0 radical (unpaired) electrons. The fourth-order valence-corrected chi connectivity index (χ4v) is 3.18. The summed E-state index contributed by atoms with van der Waals surface area (Å²) in [6.07, 6.45) is 0.726. The van der Waals surface area contributed by atoms with Crippen molar-refractivity contribution in [3.05, 3.63) is 53.6 Å². The van der Waals surface area contributed by atoms with Gasteiger partial charge in [-0.25, -0.2) is 4.79 Å². The number of methoxy groups -OCH3 is 1. The van der Waals surface area contributed by atoms with Crippen molar-refractivity contribution in [1.29, 1.82) is 0 Å². The number of fused-ring (bicyclic) bond motifs is 1. The number of rotatable bonds is 5. The second-order valence-electron chi connectivity index (χ2n) is 7.03. The van der Waals surface area contributed by atoms with E-state index in [1.165, 1.54) is 0 Å². The Labute approximate surface area is 160 Å². The van der Waals surface area contributed by atoms with E-state index in [9.17, 15) is 4.79 Å². The van der Waals surface area contributed by atoms with Crippen molar-refractivity contribution in [2.24, 2.45) is 0 Å². The van der Waals surface area contributed by atoms with Gasteiger partial charge in [0.25, 0.3) is 0 Å². The van der Waals surface area contributed by atoms with Gasteiger partial charge in [0.2, 0.25) is 0 Å². The van der Waals surface area contributed by atoms with E-state index in [-0.39, 0.29) is 12.1 Å². The molecule has 0 aliphatic carbocycles. The van der Waals surface area contributed by atoms with Crippen molar-refractivity contribution in [2.75, 3.05) is 39.8 Å². The Morgan fingerprint density at radius 2 is 1.93 bits per heavy atom. The molecule has 6 heteroatoms. The van der Waals surface area contributed by atoms with Crippen LogP contribution < -0.4 is 19.7 Å². The monoisotopic (exact) mass is 369 g/mol. The smallest absolute Gasteiger partial charge is 0.317 e. The van der Waals surface area contributed by atoms with Gasteiger partial charge in [-0.2, -0.15) is 0 Å². The number of ether oxygens (including phenoxy) is 2. The molecule has 2 aromatic carbocycles. The molecule has 1 unspecified atom stereocenters. The molecule has 1 aliphatic rings. The van der Waals surface area contributed by atoms with Crippen LogP contribution in [0.1, 0.15) is 11.1 Å². The van der Waals surface area contributed by atoms with Crippen LogP contribution in [0.5, 0.6) is 11.5 Å². The number of carbonyl (C=O) groups is 1. The van der Waals surface area contributed by atoms with Crippen LogP contribution in [0, 0.1) is 0 Å². The van der Waals surface area contributed by atoms with E-state index in [0.29, 0.717) is 13.2 Å². The molecule has 0 spiro atoms. The Balaban J connectivity index is 1.57. The predicted octanol–water partition coefficient (Wildman–Crippen LogP) is 2.91. The molecule has 0 aromatic heterocycles. The Morgan fingerprint density at radius 1 is 1.19 bits per heavy atom. The first-order valence-electron chi connectivity index (χ1n) is 9.04. The minimum atomic E-state index is -0.105. The second kappa shape index (κ2) is 8.20. The first-order chi connectivity index (χ1) is 13.0. The number of nitrogens with zero attached hydrogens (tertiary/aromatic N) is 2. The summed E-state index contributed by atoms with van der Waals surface area (Å²) in [7, 11) is 7.45. The minimum absolute atomic E-state index is 0.0596. The number of amides is 2. The van der Waals surface area contributed by atoms with Crippen LogP contribution in [0.4, 0.5) is 10.5 Å². The number of hydrogen-bond donors (Lipinski definition) is 1. The van der Waals surface area contributed by atoms with Gasteiger partial charge in [-0.3, -0.25) is 0 Å². The number of para-hydroxylation sites is 1. The molecule has 144 valence electrons. The first-order valence-corrected chi connectivity index (χ1v) is 9.04. The highest BCUT2D eigenvalue weighted by Gasteiger charge is 2.24. The van der Waals surface area contributed by atoms with Gasteiger partial charge in [0, 0.05) is 38.9 Å². The Hall–Kier alpha value is -2.89. The van der Waals surface area contributed by atoms with Crippen molar-refractivity contribution in [3.8, 4) is 11.5 Å². The van der Waals surface area contributed by atoms with Crippen molar-refractivity contribution < 1.29 is 14.3 Å². The van der Waals surface area contributed by atoms with Gasteiger partial charge in [-0.15, -0.1) is 0 Å². The fraction of sp³-hybridized carbons (Fsp3) is 0.381. The largest absolute Gasteiger partial charge is 0.493 e. The molecule has 0 saturated heterocycles. The SMILES string of the molecule is COc1cccc2c1OCC(NC(=O)N(C)Cc1ccc(N(C)C)cc1)C2. The fourth-order valence-electron chi connectivity index (χ4n) is 3.18. The Morgan fingerprint density at radius 3 is 2.59 bits per heavy atom. The molecular formula is C21H27N3O3. The third kappa shape index (κ3) is 4.45. The predicted molar refractivity (Wildman–Crippen MR) is 107 cm³/mol. The maximum absolute atomic E-state index is 12.6.